The molecule has 0 saturated heterocycles. The van der Waals surface area contributed by atoms with Crippen LogP contribution in [0.1, 0.15) is 13.3 Å². The fourth-order valence-electron chi connectivity index (χ4n) is 1.53. The van der Waals surface area contributed by atoms with Crippen LogP contribution in [-0.4, -0.2) is 21.8 Å². The standard InChI is InChI=1S/C11H10N4O3/c1-2-3-4-7-12-8-5-6-9(15(16)17)11-10(8)13-18-14-11/h5-6,12H,4,7H2,1H3. The molecule has 0 atom stereocenters. The largest absolute Gasteiger partial charge is 0.382 e. The zero-order valence-electron chi connectivity index (χ0n) is 9.64. The third-order valence-electron chi connectivity index (χ3n) is 2.33. The van der Waals surface area contributed by atoms with Crippen LogP contribution in [0.15, 0.2) is 16.8 Å². The summed E-state index contributed by atoms with van der Waals surface area (Å²) in [5, 5.41) is 21.1. The summed E-state index contributed by atoms with van der Waals surface area (Å²) in [5.74, 6) is 5.69. The van der Waals surface area contributed by atoms with E-state index in [0.29, 0.717) is 24.2 Å². The van der Waals surface area contributed by atoms with Crippen molar-refractivity contribution in [1.29, 1.82) is 0 Å². The molecule has 0 aliphatic rings. The minimum absolute atomic E-state index is 0.120. The van der Waals surface area contributed by atoms with Crippen LogP contribution in [0.5, 0.6) is 0 Å². The van der Waals surface area contributed by atoms with Gasteiger partial charge in [0, 0.05) is 19.0 Å². The second-order valence-electron chi connectivity index (χ2n) is 3.45. The SMILES string of the molecule is CC#CCCNc1ccc([N+](=O)[O-])c2nonc12. The fraction of sp³-hybridized carbons (Fsp3) is 0.273. The van der Waals surface area contributed by atoms with E-state index >= 15 is 0 Å². The molecule has 0 aliphatic heterocycles. The average molecular weight is 246 g/mol. The summed E-state index contributed by atoms with van der Waals surface area (Å²) in [6, 6.07) is 2.96. The van der Waals surface area contributed by atoms with Crippen molar-refractivity contribution in [2.75, 3.05) is 11.9 Å². The lowest BCUT2D eigenvalue weighted by Gasteiger charge is -2.03. The molecule has 2 rings (SSSR count). The van der Waals surface area contributed by atoms with E-state index in [1.165, 1.54) is 6.07 Å². The Hall–Kier alpha value is -2.62. The number of non-ortho nitro benzene ring substituents is 1. The minimum atomic E-state index is -0.515. The monoisotopic (exact) mass is 246 g/mol. The molecule has 1 N–H and O–H groups in total. The zero-order valence-corrected chi connectivity index (χ0v) is 9.64. The Morgan fingerprint density at radius 2 is 2.22 bits per heavy atom. The maximum atomic E-state index is 10.8. The first-order valence-electron chi connectivity index (χ1n) is 5.27. The number of nitrogens with one attached hydrogen (secondary N) is 1. The number of nitro groups is 1. The molecular formula is C11H10N4O3. The highest BCUT2D eigenvalue weighted by atomic mass is 16.6. The van der Waals surface area contributed by atoms with Gasteiger partial charge < -0.3 is 5.32 Å². The van der Waals surface area contributed by atoms with Crippen molar-refractivity contribution < 1.29 is 9.55 Å². The third-order valence-corrected chi connectivity index (χ3v) is 2.33. The number of hydrogen-bond donors (Lipinski definition) is 1. The van der Waals surface area contributed by atoms with Crippen LogP contribution in [0, 0.1) is 22.0 Å². The summed E-state index contributed by atoms with van der Waals surface area (Å²) in [6.45, 7) is 2.40. The minimum Gasteiger partial charge on any atom is -0.382 e. The van der Waals surface area contributed by atoms with Gasteiger partial charge in [0.25, 0.3) is 0 Å². The van der Waals surface area contributed by atoms with Gasteiger partial charge in [-0.1, -0.05) is 0 Å². The normalized spacial score (nSPS) is 9.83. The van der Waals surface area contributed by atoms with Crippen molar-refractivity contribution in [3.05, 3.63) is 22.2 Å². The summed E-state index contributed by atoms with van der Waals surface area (Å²) in [6.07, 6.45) is 0.681. The quantitative estimate of drug-likeness (QED) is 0.383. The van der Waals surface area contributed by atoms with E-state index < -0.39 is 4.92 Å². The third kappa shape index (κ3) is 2.22. The molecule has 0 aliphatic carbocycles. The molecule has 0 unspecified atom stereocenters. The van der Waals surface area contributed by atoms with Gasteiger partial charge in [-0.3, -0.25) is 10.1 Å². The van der Waals surface area contributed by atoms with Gasteiger partial charge in [-0.15, -0.1) is 11.8 Å². The summed E-state index contributed by atoms with van der Waals surface area (Å²) >= 11 is 0. The molecule has 1 aromatic carbocycles. The molecule has 0 amide bonds. The van der Waals surface area contributed by atoms with Gasteiger partial charge in [-0.2, -0.15) is 0 Å². The first-order chi connectivity index (χ1) is 8.74. The van der Waals surface area contributed by atoms with Crippen molar-refractivity contribution >= 4 is 22.4 Å². The highest BCUT2D eigenvalue weighted by Crippen LogP contribution is 2.28. The van der Waals surface area contributed by atoms with Crippen molar-refractivity contribution in [2.24, 2.45) is 0 Å². The number of aromatic nitrogens is 2. The Bertz CT molecular complexity index is 639. The van der Waals surface area contributed by atoms with Gasteiger partial charge in [0.05, 0.1) is 10.6 Å². The first kappa shape index (κ1) is 11.9. The van der Waals surface area contributed by atoms with Gasteiger partial charge in [-0.05, 0) is 23.3 Å². The van der Waals surface area contributed by atoms with Gasteiger partial charge >= 0.3 is 5.69 Å². The summed E-state index contributed by atoms with van der Waals surface area (Å²) in [7, 11) is 0. The van der Waals surface area contributed by atoms with E-state index in [2.05, 4.69) is 32.1 Å². The van der Waals surface area contributed by atoms with Crippen LogP contribution >= 0.6 is 0 Å². The van der Waals surface area contributed by atoms with E-state index in [4.69, 9.17) is 0 Å². The highest BCUT2D eigenvalue weighted by molar-refractivity contribution is 5.93. The van der Waals surface area contributed by atoms with Gasteiger partial charge in [0.2, 0.25) is 5.52 Å². The highest BCUT2D eigenvalue weighted by Gasteiger charge is 2.19. The number of benzene rings is 1. The Kier molecular flexibility index (Phi) is 3.38. The molecule has 1 heterocycles. The topological polar surface area (TPSA) is 94.1 Å². The Morgan fingerprint density at radius 1 is 1.44 bits per heavy atom. The molecule has 0 fully saturated rings. The second-order valence-corrected chi connectivity index (χ2v) is 3.45. The Morgan fingerprint density at radius 3 is 2.94 bits per heavy atom. The van der Waals surface area contributed by atoms with E-state index in [9.17, 15) is 10.1 Å². The molecular weight excluding hydrogens is 236 g/mol. The number of fused-ring (bicyclic) bond motifs is 1. The zero-order chi connectivity index (χ0) is 13.0. The van der Waals surface area contributed by atoms with Crippen molar-refractivity contribution in [3.8, 4) is 11.8 Å². The molecule has 0 radical (unpaired) electrons. The van der Waals surface area contributed by atoms with Crippen LogP contribution in [0.2, 0.25) is 0 Å². The lowest BCUT2D eigenvalue weighted by atomic mass is 10.2. The number of nitrogens with zero attached hydrogens (tertiary/aromatic N) is 3. The predicted molar refractivity (Wildman–Crippen MR) is 65.0 cm³/mol. The fourth-order valence-corrected chi connectivity index (χ4v) is 1.53. The number of hydrogen-bond acceptors (Lipinski definition) is 6. The van der Waals surface area contributed by atoms with Gasteiger partial charge in [-0.25, -0.2) is 4.63 Å². The van der Waals surface area contributed by atoms with Crippen LogP contribution < -0.4 is 5.32 Å². The van der Waals surface area contributed by atoms with E-state index in [0.717, 1.165) is 0 Å². The Labute approximate surface area is 102 Å². The predicted octanol–water partition coefficient (Wildman–Crippen LogP) is 1.96. The number of nitro benzene ring substituents is 1. The summed E-state index contributed by atoms with van der Waals surface area (Å²) < 4.78 is 4.55. The number of rotatable bonds is 4. The second kappa shape index (κ2) is 5.14. The Balaban J connectivity index is 2.29. The molecule has 0 saturated carbocycles. The molecule has 92 valence electrons. The van der Waals surface area contributed by atoms with Gasteiger partial charge in [0.15, 0.2) is 5.52 Å². The molecule has 2 aromatic rings. The molecule has 7 nitrogen and oxygen atoms in total. The van der Waals surface area contributed by atoms with Crippen molar-refractivity contribution in [3.63, 3.8) is 0 Å². The van der Waals surface area contributed by atoms with E-state index in [1.54, 1.807) is 13.0 Å². The van der Waals surface area contributed by atoms with Crippen molar-refractivity contribution in [2.45, 2.75) is 13.3 Å². The van der Waals surface area contributed by atoms with Gasteiger partial charge in [0.1, 0.15) is 0 Å². The van der Waals surface area contributed by atoms with E-state index in [1.807, 2.05) is 0 Å². The molecule has 7 heteroatoms. The average Bonchev–Trinajstić information content (AvgIpc) is 2.83. The maximum Gasteiger partial charge on any atom is 0.300 e. The molecule has 18 heavy (non-hydrogen) atoms. The van der Waals surface area contributed by atoms with Crippen LogP contribution in [-0.2, 0) is 0 Å². The van der Waals surface area contributed by atoms with E-state index in [-0.39, 0.29) is 11.2 Å². The smallest absolute Gasteiger partial charge is 0.300 e. The summed E-state index contributed by atoms with van der Waals surface area (Å²) in [5.41, 5.74) is 1.03. The summed E-state index contributed by atoms with van der Waals surface area (Å²) in [4.78, 5) is 10.3. The molecule has 0 bridgehead atoms. The molecule has 1 aromatic heterocycles. The van der Waals surface area contributed by atoms with Crippen molar-refractivity contribution in [1.82, 2.24) is 10.3 Å². The lowest BCUT2D eigenvalue weighted by molar-refractivity contribution is -0.383. The maximum absolute atomic E-state index is 10.8. The number of anilines is 1. The first-order valence-corrected chi connectivity index (χ1v) is 5.27. The van der Waals surface area contributed by atoms with Crippen LogP contribution in [0.3, 0.4) is 0 Å². The van der Waals surface area contributed by atoms with Crippen LogP contribution in [0.25, 0.3) is 11.0 Å². The van der Waals surface area contributed by atoms with Crippen LogP contribution in [0.4, 0.5) is 11.4 Å². The molecule has 0 spiro atoms. The lowest BCUT2D eigenvalue weighted by Crippen LogP contribution is -2.01.